The monoisotopic (exact) mass is 350 g/mol. The molecule has 1 aromatic rings. The number of likely N-dealkylation sites (tertiary alicyclic amines) is 1. The molecule has 0 aliphatic carbocycles. The molecule has 0 N–H and O–H groups in total. The Hall–Kier alpha value is -1.50. The summed E-state index contributed by atoms with van der Waals surface area (Å²) in [5.74, 6) is -0.134. The first-order valence-corrected chi connectivity index (χ1v) is 9.06. The highest BCUT2D eigenvalue weighted by Gasteiger charge is 2.40. The van der Waals surface area contributed by atoms with E-state index in [4.69, 9.17) is 9.47 Å². The lowest BCUT2D eigenvalue weighted by atomic mass is 9.89. The zero-order chi connectivity index (χ0) is 17.7. The number of carbonyl (C=O) groups is 1. The zero-order valence-corrected chi connectivity index (χ0v) is 14.9. The van der Waals surface area contributed by atoms with Crippen molar-refractivity contribution in [1.82, 2.24) is 9.80 Å². The summed E-state index contributed by atoms with van der Waals surface area (Å²) >= 11 is 0. The highest BCUT2D eigenvalue weighted by molar-refractivity contribution is 5.77. The lowest BCUT2D eigenvalue weighted by Crippen LogP contribution is -2.57. The maximum absolute atomic E-state index is 13.4. The number of hydrogen-bond acceptors (Lipinski definition) is 4. The topological polar surface area (TPSA) is 42.0 Å². The van der Waals surface area contributed by atoms with Crippen LogP contribution in [-0.2, 0) is 20.8 Å². The second kappa shape index (κ2) is 8.25. The van der Waals surface area contributed by atoms with Crippen LogP contribution in [0.3, 0.4) is 0 Å². The summed E-state index contributed by atoms with van der Waals surface area (Å²) in [5.41, 5.74) is 0.801. The number of benzene rings is 1. The Labute approximate surface area is 148 Å². The summed E-state index contributed by atoms with van der Waals surface area (Å²) < 4.78 is 24.7. The van der Waals surface area contributed by atoms with E-state index in [2.05, 4.69) is 4.90 Å². The molecular weight excluding hydrogens is 323 g/mol. The van der Waals surface area contributed by atoms with Gasteiger partial charge in [-0.2, -0.15) is 0 Å². The molecule has 0 unspecified atom stereocenters. The molecule has 2 aliphatic heterocycles. The Bertz CT molecular complexity index is 588. The van der Waals surface area contributed by atoms with Gasteiger partial charge in [-0.25, -0.2) is 4.39 Å². The van der Waals surface area contributed by atoms with E-state index in [1.807, 2.05) is 17.9 Å². The average molecular weight is 350 g/mol. The van der Waals surface area contributed by atoms with Crippen LogP contribution < -0.4 is 0 Å². The first-order valence-electron chi connectivity index (χ1n) is 9.06. The molecule has 0 atom stereocenters. The molecule has 1 aromatic carbocycles. The minimum Gasteiger partial charge on any atom is -0.372 e. The predicted molar refractivity (Wildman–Crippen MR) is 92.7 cm³/mol. The van der Waals surface area contributed by atoms with Crippen LogP contribution in [0.25, 0.3) is 0 Å². The molecule has 0 bridgehead atoms. The second-order valence-electron chi connectivity index (χ2n) is 6.89. The van der Waals surface area contributed by atoms with Crippen molar-refractivity contribution in [2.75, 3.05) is 46.0 Å². The van der Waals surface area contributed by atoms with E-state index >= 15 is 0 Å². The number of amides is 1. The lowest BCUT2D eigenvalue weighted by Gasteiger charge is -2.47. The van der Waals surface area contributed by atoms with Crippen LogP contribution in [0, 0.1) is 5.82 Å². The molecule has 2 saturated heterocycles. The van der Waals surface area contributed by atoms with Gasteiger partial charge in [-0.15, -0.1) is 0 Å². The van der Waals surface area contributed by atoms with Crippen LogP contribution >= 0.6 is 0 Å². The SMILES string of the molecule is CCOCC(=O)N1CCC2(CC1)CN(Cc1cccc(F)c1)CCO2. The molecule has 6 heteroatoms. The number of halogens is 1. The van der Waals surface area contributed by atoms with Crippen molar-refractivity contribution in [3.63, 3.8) is 0 Å². The number of nitrogens with zero attached hydrogens (tertiary/aromatic N) is 2. The van der Waals surface area contributed by atoms with E-state index < -0.39 is 0 Å². The van der Waals surface area contributed by atoms with E-state index in [0.29, 0.717) is 26.3 Å². The normalized spacial score (nSPS) is 20.8. The van der Waals surface area contributed by atoms with E-state index in [1.165, 1.54) is 6.07 Å². The third kappa shape index (κ3) is 4.77. The second-order valence-corrected chi connectivity index (χ2v) is 6.89. The number of morpholine rings is 1. The summed E-state index contributed by atoms with van der Waals surface area (Å²) in [6.45, 7) is 7.12. The van der Waals surface area contributed by atoms with Gasteiger partial charge in [-0.05, 0) is 37.5 Å². The van der Waals surface area contributed by atoms with E-state index in [-0.39, 0.29) is 23.9 Å². The van der Waals surface area contributed by atoms with Crippen LogP contribution in [0.2, 0.25) is 0 Å². The number of rotatable bonds is 5. The minimum atomic E-state index is -0.193. The Morgan fingerprint density at radius 3 is 2.84 bits per heavy atom. The molecule has 2 fully saturated rings. The van der Waals surface area contributed by atoms with Crippen LogP contribution in [0.5, 0.6) is 0 Å². The van der Waals surface area contributed by atoms with Crippen molar-refractivity contribution in [1.29, 1.82) is 0 Å². The highest BCUT2D eigenvalue weighted by atomic mass is 19.1. The molecule has 5 nitrogen and oxygen atoms in total. The van der Waals surface area contributed by atoms with Gasteiger partial charge in [-0.1, -0.05) is 12.1 Å². The number of hydrogen-bond donors (Lipinski definition) is 0. The van der Waals surface area contributed by atoms with Gasteiger partial charge >= 0.3 is 0 Å². The van der Waals surface area contributed by atoms with Crippen molar-refractivity contribution < 1.29 is 18.7 Å². The van der Waals surface area contributed by atoms with E-state index in [0.717, 1.165) is 38.0 Å². The molecule has 0 saturated carbocycles. The fourth-order valence-electron chi connectivity index (χ4n) is 3.70. The van der Waals surface area contributed by atoms with Crippen LogP contribution in [0.1, 0.15) is 25.3 Å². The molecule has 25 heavy (non-hydrogen) atoms. The fourth-order valence-corrected chi connectivity index (χ4v) is 3.70. The van der Waals surface area contributed by atoms with Crippen LogP contribution in [0.4, 0.5) is 4.39 Å². The van der Waals surface area contributed by atoms with Gasteiger partial charge in [0.1, 0.15) is 12.4 Å². The van der Waals surface area contributed by atoms with Crippen molar-refractivity contribution >= 4 is 5.91 Å². The van der Waals surface area contributed by atoms with Crippen molar-refractivity contribution in [2.24, 2.45) is 0 Å². The van der Waals surface area contributed by atoms with Gasteiger partial charge in [0, 0.05) is 39.3 Å². The Morgan fingerprint density at radius 2 is 2.12 bits per heavy atom. The molecule has 1 amide bonds. The third-order valence-corrected chi connectivity index (χ3v) is 5.08. The number of ether oxygens (including phenoxy) is 2. The van der Waals surface area contributed by atoms with Gasteiger partial charge in [0.05, 0.1) is 12.2 Å². The van der Waals surface area contributed by atoms with Gasteiger partial charge in [-0.3, -0.25) is 9.69 Å². The molecule has 138 valence electrons. The molecule has 2 heterocycles. The molecular formula is C19H27FN2O3. The smallest absolute Gasteiger partial charge is 0.248 e. The molecule has 3 rings (SSSR count). The third-order valence-electron chi connectivity index (χ3n) is 5.08. The first-order chi connectivity index (χ1) is 12.1. The lowest BCUT2D eigenvalue weighted by molar-refractivity contribution is -0.154. The summed E-state index contributed by atoms with van der Waals surface area (Å²) in [5, 5.41) is 0. The number of carbonyl (C=O) groups excluding carboxylic acids is 1. The summed E-state index contributed by atoms with van der Waals surface area (Å²) in [4.78, 5) is 16.3. The summed E-state index contributed by atoms with van der Waals surface area (Å²) in [6.07, 6.45) is 1.68. The van der Waals surface area contributed by atoms with Crippen LogP contribution in [0.15, 0.2) is 24.3 Å². The largest absolute Gasteiger partial charge is 0.372 e. The molecule has 1 spiro atoms. The Morgan fingerprint density at radius 1 is 1.32 bits per heavy atom. The quantitative estimate of drug-likeness (QED) is 0.815. The van der Waals surface area contributed by atoms with E-state index in [9.17, 15) is 9.18 Å². The fraction of sp³-hybridized carbons (Fsp3) is 0.632. The number of piperidine rings is 1. The minimum absolute atomic E-state index is 0.0594. The molecule has 0 radical (unpaired) electrons. The van der Waals surface area contributed by atoms with Crippen LogP contribution in [-0.4, -0.2) is 67.3 Å². The van der Waals surface area contributed by atoms with Gasteiger partial charge in [0.15, 0.2) is 0 Å². The average Bonchev–Trinajstić information content (AvgIpc) is 2.60. The molecule has 2 aliphatic rings. The van der Waals surface area contributed by atoms with Gasteiger partial charge in [0.2, 0.25) is 5.91 Å². The standard InChI is InChI=1S/C19H27FN2O3/c1-2-24-14-18(23)22-8-6-19(7-9-22)15-21(10-11-25-19)13-16-4-3-5-17(20)12-16/h3-5,12H,2,6-11,13-15H2,1H3. The predicted octanol–water partition coefficient (Wildman–Crippen LogP) is 2.06. The van der Waals surface area contributed by atoms with Crippen molar-refractivity contribution in [2.45, 2.75) is 31.9 Å². The van der Waals surface area contributed by atoms with Crippen molar-refractivity contribution in [3.05, 3.63) is 35.6 Å². The maximum Gasteiger partial charge on any atom is 0.248 e. The summed E-state index contributed by atoms with van der Waals surface area (Å²) in [6, 6.07) is 6.78. The maximum atomic E-state index is 13.4. The molecule has 0 aromatic heterocycles. The Balaban J connectivity index is 1.54. The zero-order valence-electron chi connectivity index (χ0n) is 14.9. The summed E-state index contributed by atoms with van der Waals surface area (Å²) in [7, 11) is 0. The van der Waals surface area contributed by atoms with Gasteiger partial charge < -0.3 is 14.4 Å². The highest BCUT2D eigenvalue weighted by Crippen LogP contribution is 2.30. The van der Waals surface area contributed by atoms with E-state index in [1.54, 1.807) is 12.1 Å². The van der Waals surface area contributed by atoms with Gasteiger partial charge in [0.25, 0.3) is 0 Å². The van der Waals surface area contributed by atoms with Crippen molar-refractivity contribution in [3.8, 4) is 0 Å². The first kappa shape index (κ1) is 18.3. The Kier molecular flexibility index (Phi) is 6.04.